The van der Waals surface area contributed by atoms with E-state index in [-0.39, 0.29) is 0 Å². The van der Waals surface area contributed by atoms with Gasteiger partial charge in [-0.15, -0.1) is 0 Å². The summed E-state index contributed by atoms with van der Waals surface area (Å²) in [5.74, 6) is 0.924. The summed E-state index contributed by atoms with van der Waals surface area (Å²) >= 11 is 0. The molecule has 0 saturated heterocycles. The van der Waals surface area contributed by atoms with Crippen molar-refractivity contribution >= 4 is 0 Å². The van der Waals surface area contributed by atoms with Gasteiger partial charge in [-0.3, -0.25) is 0 Å². The second-order valence-electron chi connectivity index (χ2n) is 3.91. The Morgan fingerprint density at radius 3 is 2.47 bits per heavy atom. The predicted molar refractivity (Wildman–Crippen MR) is 64.5 cm³/mol. The molecule has 2 heteroatoms. The van der Waals surface area contributed by atoms with E-state index < -0.39 is 0 Å². The molecule has 0 aliphatic heterocycles. The lowest BCUT2D eigenvalue weighted by Gasteiger charge is -2.13. The third-order valence-corrected chi connectivity index (χ3v) is 2.44. The first-order valence-electron chi connectivity index (χ1n) is 5.62. The fraction of sp³-hybridized carbons (Fsp3) is 0.538. The molecule has 1 N–H and O–H groups in total. The van der Waals surface area contributed by atoms with Crippen LogP contribution in [0.15, 0.2) is 24.3 Å². The van der Waals surface area contributed by atoms with E-state index in [1.165, 1.54) is 12.0 Å². The van der Waals surface area contributed by atoms with Crippen molar-refractivity contribution in [1.29, 1.82) is 0 Å². The Balaban J connectivity index is 2.42. The maximum Gasteiger partial charge on any atom is 0.118 e. The summed E-state index contributed by atoms with van der Waals surface area (Å²) in [6.45, 7) is 5.50. The fourth-order valence-electron chi connectivity index (χ4n) is 1.58. The highest BCUT2D eigenvalue weighted by molar-refractivity contribution is 5.27. The van der Waals surface area contributed by atoms with E-state index in [4.69, 9.17) is 4.74 Å². The SMILES string of the molecule is CCCN[C@H](C)Cc1ccc(OC)cc1. The van der Waals surface area contributed by atoms with Crippen molar-refractivity contribution < 1.29 is 4.74 Å². The van der Waals surface area contributed by atoms with E-state index in [2.05, 4.69) is 31.3 Å². The molecule has 1 atom stereocenters. The van der Waals surface area contributed by atoms with Crippen LogP contribution in [0.4, 0.5) is 0 Å². The Morgan fingerprint density at radius 1 is 1.27 bits per heavy atom. The van der Waals surface area contributed by atoms with Crippen LogP contribution >= 0.6 is 0 Å². The second kappa shape index (κ2) is 6.46. The molecule has 0 bridgehead atoms. The summed E-state index contributed by atoms with van der Waals surface area (Å²) in [7, 11) is 1.69. The molecular weight excluding hydrogens is 186 g/mol. The highest BCUT2D eigenvalue weighted by atomic mass is 16.5. The topological polar surface area (TPSA) is 21.3 Å². The van der Waals surface area contributed by atoms with Crippen molar-refractivity contribution in [2.75, 3.05) is 13.7 Å². The van der Waals surface area contributed by atoms with Crippen LogP contribution < -0.4 is 10.1 Å². The van der Waals surface area contributed by atoms with Crippen molar-refractivity contribution in [2.24, 2.45) is 0 Å². The van der Waals surface area contributed by atoms with Gasteiger partial charge in [-0.2, -0.15) is 0 Å². The average molecular weight is 207 g/mol. The van der Waals surface area contributed by atoms with E-state index in [0.29, 0.717) is 6.04 Å². The molecule has 0 heterocycles. The third kappa shape index (κ3) is 4.34. The number of hydrogen-bond donors (Lipinski definition) is 1. The summed E-state index contributed by atoms with van der Waals surface area (Å²) in [5, 5.41) is 3.48. The molecule has 0 aliphatic carbocycles. The van der Waals surface area contributed by atoms with Gasteiger partial charge in [0.05, 0.1) is 7.11 Å². The molecular formula is C13H21NO. The van der Waals surface area contributed by atoms with Gasteiger partial charge in [-0.25, -0.2) is 0 Å². The molecule has 1 aromatic carbocycles. The van der Waals surface area contributed by atoms with Gasteiger partial charge < -0.3 is 10.1 Å². The van der Waals surface area contributed by atoms with Gasteiger partial charge in [0.25, 0.3) is 0 Å². The van der Waals surface area contributed by atoms with E-state index in [1.54, 1.807) is 7.11 Å². The van der Waals surface area contributed by atoms with E-state index in [9.17, 15) is 0 Å². The quantitative estimate of drug-likeness (QED) is 0.774. The van der Waals surface area contributed by atoms with Gasteiger partial charge in [0.2, 0.25) is 0 Å². The molecule has 0 amide bonds. The highest BCUT2D eigenvalue weighted by Gasteiger charge is 2.02. The molecule has 84 valence electrons. The third-order valence-electron chi connectivity index (χ3n) is 2.44. The van der Waals surface area contributed by atoms with Crippen LogP contribution in [0.1, 0.15) is 25.8 Å². The van der Waals surface area contributed by atoms with Gasteiger partial charge in [0.15, 0.2) is 0 Å². The van der Waals surface area contributed by atoms with Crippen LogP contribution in [0.2, 0.25) is 0 Å². The van der Waals surface area contributed by atoms with Crippen LogP contribution in [0.5, 0.6) is 5.75 Å². The molecule has 0 unspecified atom stereocenters. The molecule has 2 nitrogen and oxygen atoms in total. The molecule has 0 aliphatic rings. The molecule has 0 aromatic heterocycles. The standard InChI is InChI=1S/C13H21NO/c1-4-9-14-11(2)10-12-5-7-13(15-3)8-6-12/h5-8,11,14H,4,9-10H2,1-3H3/t11-/m1/s1. The van der Waals surface area contributed by atoms with Crippen molar-refractivity contribution in [3.8, 4) is 5.75 Å². The van der Waals surface area contributed by atoms with Crippen molar-refractivity contribution in [2.45, 2.75) is 32.7 Å². The lowest BCUT2D eigenvalue weighted by atomic mass is 10.1. The Morgan fingerprint density at radius 2 is 1.93 bits per heavy atom. The van der Waals surface area contributed by atoms with Crippen molar-refractivity contribution in [3.05, 3.63) is 29.8 Å². The fourth-order valence-corrected chi connectivity index (χ4v) is 1.58. The smallest absolute Gasteiger partial charge is 0.118 e. The second-order valence-corrected chi connectivity index (χ2v) is 3.91. The van der Waals surface area contributed by atoms with Crippen LogP contribution in [-0.2, 0) is 6.42 Å². The Labute approximate surface area is 92.6 Å². The number of benzene rings is 1. The lowest BCUT2D eigenvalue weighted by molar-refractivity contribution is 0.414. The van der Waals surface area contributed by atoms with Crippen LogP contribution in [0.25, 0.3) is 0 Å². The normalized spacial score (nSPS) is 12.5. The first-order valence-corrected chi connectivity index (χ1v) is 5.62. The van der Waals surface area contributed by atoms with Gasteiger partial charge in [-0.1, -0.05) is 19.1 Å². The predicted octanol–water partition coefficient (Wildman–Crippen LogP) is 2.63. The van der Waals surface area contributed by atoms with Gasteiger partial charge in [0.1, 0.15) is 5.75 Å². The summed E-state index contributed by atoms with van der Waals surface area (Å²) in [5.41, 5.74) is 1.35. The van der Waals surface area contributed by atoms with Crippen LogP contribution in [0, 0.1) is 0 Å². The monoisotopic (exact) mass is 207 g/mol. The Kier molecular flexibility index (Phi) is 5.19. The van der Waals surface area contributed by atoms with E-state index in [0.717, 1.165) is 18.7 Å². The molecule has 0 radical (unpaired) electrons. The first-order chi connectivity index (χ1) is 7.26. The van der Waals surface area contributed by atoms with E-state index in [1.807, 2.05) is 12.1 Å². The minimum atomic E-state index is 0.540. The van der Waals surface area contributed by atoms with E-state index >= 15 is 0 Å². The van der Waals surface area contributed by atoms with Crippen LogP contribution in [0.3, 0.4) is 0 Å². The number of hydrogen-bond acceptors (Lipinski definition) is 2. The number of nitrogens with one attached hydrogen (secondary N) is 1. The maximum absolute atomic E-state index is 5.12. The molecule has 0 saturated carbocycles. The van der Waals surface area contributed by atoms with Gasteiger partial charge in [0, 0.05) is 6.04 Å². The minimum absolute atomic E-state index is 0.540. The average Bonchev–Trinajstić information content (AvgIpc) is 2.27. The highest BCUT2D eigenvalue weighted by Crippen LogP contribution is 2.12. The molecule has 1 rings (SSSR count). The first kappa shape index (κ1) is 12.1. The van der Waals surface area contributed by atoms with Crippen molar-refractivity contribution in [1.82, 2.24) is 5.32 Å². The largest absolute Gasteiger partial charge is 0.497 e. The number of rotatable bonds is 6. The zero-order valence-corrected chi connectivity index (χ0v) is 9.92. The number of ether oxygens (including phenoxy) is 1. The zero-order valence-electron chi connectivity index (χ0n) is 9.92. The van der Waals surface area contributed by atoms with Gasteiger partial charge in [-0.05, 0) is 44.0 Å². The summed E-state index contributed by atoms with van der Waals surface area (Å²) < 4.78 is 5.12. The van der Waals surface area contributed by atoms with Crippen molar-refractivity contribution in [3.63, 3.8) is 0 Å². The zero-order chi connectivity index (χ0) is 11.1. The molecule has 0 fully saturated rings. The van der Waals surface area contributed by atoms with Crippen LogP contribution in [-0.4, -0.2) is 19.7 Å². The Bertz CT molecular complexity index is 268. The number of methoxy groups -OCH3 is 1. The molecule has 15 heavy (non-hydrogen) atoms. The summed E-state index contributed by atoms with van der Waals surface area (Å²) in [4.78, 5) is 0. The molecule has 1 aromatic rings. The lowest BCUT2D eigenvalue weighted by Crippen LogP contribution is -2.28. The summed E-state index contributed by atoms with van der Waals surface area (Å²) in [6.07, 6.45) is 2.26. The summed E-state index contributed by atoms with van der Waals surface area (Å²) in [6, 6.07) is 8.83. The Hall–Kier alpha value is -1.02. The minimum Gasteiger partial charge on any atom is -0.497 e. The molecule has 0 spiro atoms. The van der Waals surface area contributed by atoms with Gasteiger partial charge >= 0.3 is 0 Å². The maximum atomic E-state index is 5.12.